The molecule has 80 valence electrons. The van der Waals surface area contributed by atoms with E-state index in [9.17, 15) is 4.79 Å². The number of carbonyl (C=O) groups is 1. The molecule has 0 radical (unpaired) electrons. The van der Waals surface area contributed by atoms with Gasteiger partial charge in [0.2, 0.25) is 0 Å². The molecule has 0 aliphatic heterocycles. The minimum Gasteiger partial charge on any atom is -0.289 e. The Kier molecular flexibility index (Phi) is 3.48. The first-order valence-electron chi connectivity index (χ1n) is 5.50. The maximum absolute atomic E-state index is 12.1. The van der Waals surface area contributed by atoms with E-state index in [0.29, 0.717) is 0 Å². The summed E-state index contributed by atoms with van der Waals surface area (Å²) in [4.78, 5) is 12.1. The molecule has 0 saturated carbocycles. The van der Waals surface area contributed by atoms with E-state index < -0.39 is 0 Å². The smallest absolute Gasteiger partial charge is 0.193 e. The van der Waals surface area contributed by atoms with Crippen molar-refractivity contribution in [3.8, 4) is 0 Å². The Bertz CT molecular complexity index is 477. The second-order valence-corrected chi connectivity index (χ2v) is 7.39. The molecular formula is C13H14OSi2. The van der Waals surface area contributed by atoms with Gasteiger partial charge in [-0.1, -0.05) is 59.8 Å². The lowest BCUT2D eigenvalue weighted by molar-refractivity contribution is 0.103. The summed E-state index contributed by atoms with van der Waals surface area (Å²) in [5.74, 6) is 0.113. The molecule has 0 spiro atoms. The van der Waals surface area contributed by atoms with Crippen LogP contribution in [0.25, 0.3) is 0 Å². The average molecular weight is 242 g/mol. The Morgan fingerprint density at radius 1 is 0.875 bits per heavy atom. The minimum absolute atomic E-state index is 0.0155. The zero-order valence-corrected chi connectivity index (χ0v) is 12.7. The van der Waals surface area contributed by atoms with Crippen LogP contribution < -0.4 is 5.19 Å². The summed E-state index contributed by atoms with van der Waals surface area (Å²) in [5, 5.41) is 1.45. The third-order valence-electron chi connectivity index (χ3n) is 2.66. The molecule has 0 amide bonds. The molecule has 0 aromatic heterocycles. The molecule has 0 aliphatic rings. The summed E-state index contributed by atoms with van der Waals surface area (Å²) in [6.45, 7) is 0. The summed E-state index contributed by atoms with van der Waals surface area (Å²) >= 11 is 0. The van der Waals surface area contributed by atoms with Crippen LogP contribution >= 0.6 is 0 Å². The number of benzene rings is 2. The Balaban J connectivity index is 2.28. The lowest BCUT2D eigenvalue weighted by Crippen LogP contribution is -2.14. The van der Waals surface area contributed by atoms with Gasteiger partial charge in [0, 0.05) is 20.2 Å². The molecule has 0 fully saturated rings. The Morgan fingerprint density at radius 3 is 2.00 bits per heavy atom. The molecule has 1 nitrogen and oxygen atoms in total. The monoisotopic (exact) mass is 242 g/mol. The highest BCUT2D eigenvalue weighted by atomic mass is 29.1. The van der Waals surface area contributed by atoms with Gasteiger partial charge in [0.25, 0.3) is 0 Å². The summed E-state index contributed by atoms with van der Waals surface area (Å²) in [5.41, 5.74) is 1.55. The first-order valence-corrected chi connectivity index (χ1v) is 11.9. The van der Waals surface area contributed by atoms with E-state index in [0.717, 1.165) is 11.1 Å². The molecule has 0 unspecified atom stereocenters. The van der Waals surface area contributed by atoms with Gasteiger partial charge in [-0.05, 0) is 9.76 Å². The van der Waals surface area contributed by atoms with Crippen LogP contribution in [0.15, 0.2) is 54.6 Å². The van der Waals surface area contributed by atoms with Crippen LogP contribution in [-0.4, -0.2) is 24.6 Å². The van der Waals surface area contributed by atoms with E-state index in [-0.39, 0.29) is 14.8 Å². The summed E-state index contributed by atoms with van der Waals surface area (Å²) in [6, 6.07) is 17.6. The van der Waals surface area contributed by atoms with Crippen LogP contribution in [0.4, 0.5) is 0 Å². The zero-order valence-electron chi connectivity index (χ0n) is 9.31. The fourth-order valence-corrected chi connectivity index (χ4v) is 3.77. The molecule has 0 atom stereocenters. The summed E-state index contributed by atoms with van der Waals surface area (Å²) in [6.07, 6.45) is 0. The van der Waals surface area contributed by atoms with E-state index in [1.807, 2.05) is 42.5 Å². The van der Waals surface area contributed by atoms with E-state index in [4.69, 9.17) is 0 Å². The van der Waals surface area contributed by atoms with Crippen LogP contribution in [0.5, 0.6) is 0 Å². The van der Waals surface area contributed by atoms with Gasteiger partial charge < -0.3 is 0 Å². The topological polar surface area (TPSA) is 17.1 Å². The summed E-state index contributed by atoms with van der Waals surface area (Å²) < 4.78 is 0. The van der Waals surface area contributed by atoms with Crippen LogP contribution in [0.3, 0.4) is 0 Å². The lowest BCUT2D eigenvalue weighted by atomic mass is 10.0. The predicted molar refractivity (Wildman–Crippen MR) is 74.4 cm³/mol. The van der Waals surface area contributed by atoms with Crippen molar-refractivity contribution in [2.45, 2.75) is 0 Å². The maximum atomic E-state index is 12.1. The van der Waals surface area contributed by atoms with Crippen LogP contribution in [0, 0.1) is 0 Å². The third kappa shape index (κ3) is 2.37. The van der Waals surface area contributed by atoms with Crippen molar-refractivity contribution >= 4 is 29.8 Å². The molecule has 3 heteroatoms. The maximum Gasteiger partial charge on any atom is 0.193 e. The van der Waals surface area contributed by atoms with Crippen molar-refractivity contribution in [2.24, 2.45) is 0 Å². The van der Waals surface area contributed by atoms with Crippen molar-refractivity contribution in [2.75, 3.05) is 0 Å². The summed E-state index contributed by atoms with van der Waals surface area (Å²) in [7, 11) is 1.32. The predicted octanol–water partition coefficient (Wildman–Crippen LogP) is -0.00790. The van der Waals surface area contributed by atoms with E-state index in [1.54, 1.807) is 0 Å². The zero-order chi connectivity index (χ0) is 11.4. The molecule has 16 heavy (non-hydrogen) atoms. The number of rotatable bonds is 3. The quantitative estimate of drug-likeness (QED) is 0.547. The SMILES string of the molecule is O=C(c1ccccc1)c1ccc([SiH2][SiH3])cc1. The molecule has 2 rings (SSSR count). The largest absolute Gasteiger partial charge is 0.289 e. The van der Waals surface area contributed by atoms with Crippen molar-refractivity contribution in [3.05, 3.63) is 65.7 Å². The molecule has 2 aromatic carbocycles. The van der Waals surface area contributed by atoms with Gasteiger partial charge in [-0.25, -0.2) is 0 Å². The Labute approximate surface area is 101 Å². The van der Waals surface area contributed by atoms with Crippen molar-refractivity contribution < 1.29 is 4.79 Å². The molecule has 0 heterocycles. The molecule has 0 bridgehead atoms. The number of carbonyl (C=O) groups excluding carboxylic acids is 1. The first-order chi connectivity index (χ1) is 7.81. The second-order valence-electron chi connectivity index (χ2n) is 3.75. The highest BCUT2D eigenvalue weighted by Gasteiger charge is 2.07. The van der Waals surface area contributed by atoms with Gasteiger partial charge >= 0.3 is 0 Å². The van der Waals surface area contributed by atoms with Gasteiger partial charge in [-0.15, -0.1) is 0 Å². The molecule has 2 aromatic rings. The van der Waals surface area contributed by atoms with Crippen LogP contribution in [0.2, 0.25) is 0 Å². The highest BCUT2D eigenvalue weighted by Crippen LogP contribution is 2.08. The number of hydrogen-bond acceptors (Lipinski definition) is 1. The third-order valence-corrected chi connectivity index (χ3v) is 6.40. The average Bonchev–Trinajstić information content (AvgIpc) is 2.39. The second kappa shape index (κ2) is 5.05. The standard InChI is InChI=1S/C13H14OSi2/c14-13(10-4-2-1-3-5-10)11-6-8-12(16-15)9-7-11/h1-9H,16H2,15H3. The Hall–Kier alpha value is -1.46. The highest BCUT2D eigenvalue weighted by molar-refractivity contribution is 6.97. The van der Waals surface area contributed by atoms with Gasteiger partial charge in [-0.2, -0.15) is 0 Å². The van der Waals surface area contributed by atoms with Crippen molar-refractivity contribution in [1.29, 1.82) is 0 Å². The van der Waals surface area contributed by atoms with E-state index in [2.05, 4.69) is 12.1 Å². The van der Waals surface area contributed by atoms with Crippen LogP contribution in [-0.2, 0) is 0 Å². The van der Waals surface area contributed by atoms with Crippen LogP contribution in [0.1, 0.15) is 15.9 Å². The lowest BCUT2D eigenvalue weighted by Gasteiger charge is -2.02. The fourth-order valence-electron chi connectivity index (χ4n) is 1.65. The fraction of sp³-hybridized carbons (Fsp3) is 0. The van der Waals surface area contributed by atoms with Gasteiger partial charge in [0.15, 0.2) is 5.78 Å². The molecular weight excluding hydrogens is 228 g/mol. The minimum atomic E-state index is 0.0155. The van der Waals surface area contributed by atoms with E-state index in [1.165, 1.54) is 14.9 Å². The number of hydrogen-bond donors (Lipinski definition) is 0. The van der Waals surface area contributed by atoms with Gasteiger partial charge in [0.05, 0.1) is 0 Å². The molecule has 0 aliphatic carbocycles. The van der Waals surface area contributed by atoms with Crippen molar-refractivity contribution in [1.82, 2.24) is 0 Å². The molecule has 0 N–H and O–H groups in total. The normalized spacial score (nSPS) is 11.0. The Morgan fingerprint density at radius 2 is 1.44 bits per heavy atom. The van der Waals surface area contributed by atoms with E-state index >= 15 is 0 Å². The first kappa shape index (κ1) is 11.0. The van der Waals surface area contributed by atoms with Crippen molar-refractivity contribution in [3.63, 3.8) is 0 Å². The molecule has 0 saturated heterocycles. The van der Waals surface area contributed by atoms with Gasteiger partial charge in [-0.3, -0.25) is 4.79 Å². The van der Waals surface area contributed by atoms with Gasteiger partial charge in [0.1, 0.15) is 0 Å². The number of ketones is 1.